The van der Waals surface area contributed by atoms with Gasteiger partial charge in [-0.2, -0.15) is 0 Å². The van der Waals surface area contributed by atoms with Crippen molar-refractivity contribution in [1.29, 1.82) is 0 Å². The molecule has 4 heteroatoms. The molecule has 1 unspecified atom stereocenters. The number of fused-ring (bicyclic) bond motifs is 1. The van der Waals surface area contributed by atoms with Crippen molar-refractivity contribution in [2.75, 3.05) is 0 Å². The minimum Gasteiger partial charge on any atom is -0.373 e. The van der Waals surface area contributed by atoms with Crippen LogP contribution in [0.5, 0.6) is 0 Å². The van der Waals surface area contributed by atoms with Crippen LogP contribution in [-0.2, 0) is 6.42 Å². The molecule has 1 atom stereocenters. The number of imidazole rings is 1. The van der Waals surface area contributed by atoms with Crippen LogP contribution in [0.4, 0.5) is 0 Å². The first-order chi connectivity index (χ1) is 8.24. The van der Waals surface area contributed by atoms with Crippen LogP contribution in [0.25, 0.3) is 11.3 Å². The molecule has 2 aromatic rings. The van der Waals surface area contributed by atoms with Gasteiger partial charge in [0.1, 0.15) is 12.1 Å². The number of rotatable bonds is 1. The predicted molar refractivity (Wildman–Crippen MR) is 69.6 cm³/mol. The fraction of sp³-hybridized carbons (Fsp3) is 0.308. The van der Waals surface area contributed by atoms with Crippen LogP contribution in [0.2, 0.25) is 0 Å². The number of hydrogen-bond acceptors (Lipinski definition) is 2. The largest absolute Gasteiger partial charge is 0.373 e. The van der Waals surface area contributed by atoms with Crippen LogP contribution < -0.4 is 0 Å². The summed E-state index contributed by atoms with van der Waals surface area (Å²) in [6.45, 7) is 0. The Hall–Kier alpha value is -1.13. The molecule has 0 saturated heterocycles. The van der Waals surface area contributed by atoms with E-state index in [1.807, 2.05) is 35.0 Å². The average molecular weight is 293 g/mol. The highest BCUT2D eigenvalue weighted by atomic mass is 79.9. The van der Waals surface area contributed by atoms with Crippen LogP contribution in [0, 0.1) is 0 Å². The summed E-state index contributed by atoms with van der Waals surface area (Å²) >= 11 is 3.46. The Labute approximate surface area is 108 Å². The Morgan fingerprint density at radius 3 is 3.06 bits per heavy atom. The smallest absolute Gasteiger partial charge is 0.131 e. The summed E-state index contributed by atoms with van der Waals surface area (Å²) in [4.78, 5) is 4.59. The number of aliphatic hydroxyl groups is 1. The van der Waals surface area contributed by atoms with Gasteiger partial charge >= 0.3 is 0 Å². The van der Waals surface area contributed by atoms with Crippen molar-refractivity contribution in [3.8, 4) is 11.3 Å². The van der Waals surface area contributed by atoms with Crippen molar-refractivity contribution in [3.05, 3.63) is 40.8 Å². The van der Waals surface area contributed by atoms with E-state index in [2.05, 4.69) is 20.9 Å². The summed E-state index contributed by atoms with van der Waals surface area (Å²) in [5, 5.41) is 9.89. The van der Waals surface area contributed by atoms with E-state index in [-0.39, 0.29) is 0 Å². The van der Waals surface area contributed by atoms with Gasteiger partial charge in [-0.1, -0.05) is 28.1 Å². The fourth-order valence-corrected chi connectivity index (χ4v) is 2.64. The monoisotopic (exact) mass is 292 g/mol. The Kier molecular flexibility index (Phi) is 2.76. The summed E-state index contributed by atoms with van der Waals surface area (Å²) < 4.78 is 2.93. The Morgan fingerprint density at radius 2 is 2.29 bits per heavy atom. The van der Waals surface area contributed by atoms with Crippen molar-refractivity contribution < 1.29 is 5.11 Å². The lowest BCUT2D eigenvalue weighted by Gasteiger charge is -2.19. The van der Waals surface area contributed by atoms with Gasteiger partial charge in [-0.15, -0.1) is 0 Å². The summed E-state index contributed by atoms with van der Waals surface area (Å²) in [7, 11) is 0. The molecular weight excluding hydrogens is 280 g/mol. The second-order valence-electron chi connectivity index (χ2n) is 4.33. The first kappa shape index (κ1) is 11.0. The summed E-state index contributed by atoms with van der Waals surface area (Å²) in [5.74, 6) is 0.985. The van der Waals surface area contributed by atoms with E-state index in [1.165, 1.54) is 0 Å². The maximum atomic E-state index is 9.89. The molecule has 1 N–H and O–H groups in total. The third kappa shape index (κ3) is 2.03. The molecule has 1 aromatic heterocycles. The van der Waals surface area contributed by atoms with E-state index in [1.54, 1.807) is 0 Å². The highest BCUT2D eigenvalue weighted by Gasteiger charge is 2.19. The van der Waals surface area contributed by atoms with Crippen LogP contribution in [0.3, 0.4) is 0 Å². The molecule has 0 saturated carbocycles. The zero-order valence-corrected chi connectivity index (χ0v) is 10.9. The lowest BCUT2D eigenvalue weighted by Crippen LogP contribution is -2.16. The second-order valence-corrected chi connectivity index (χ2v) is 5.25. The molecule has 2 heterocycles. The molecule has 0 amide bonds. The first-order valence-corrected chi connectivity index (χ1v) is 6.55. The second kappa shape index (κ2) is 4.27. The molecule has 1 aliphatic rings. The van der Waals surface area contributed by atoms with E-state index >= 15 is 0 Å². The van der Waals surface area contributed by atoms with Gasteiger partial charge in [0.25, 0.3) is 0 Å². The van der Waals surface area contributed by atoms with Crippen LogP contribution in [-0.4, -0.2) is 14.7 Å². The molecule has 3 nitrogen and oxygen atoms in total. The zero-order valence-electron chi connectivity index (χ0n) is 9.31. The minimum atomic E-state index is -0.410. The van der Waals surface area contributed by atoms with Crippen LogP contribution in [0.1, 0.15) is 24.9 Å². The maximum absolute atomic E-state index is 9.89. The summed E-state index contributed by atoms with van der Waals surface area (Å²) in [5.41, 5.74) is 2.01. The number of aromatic nitrogens is 2. The van der Waals surface area contributed by atoms with Gasteiger partial charge in [0.15, 0.2) is 0 Å². The minimum absolute atomic E-state index is 0.410. The van der Waals surface area contributed by atoms with Crippen molar-refractivity contribution in [3.63, 3.8) is 0 Å². The number of aliphatic hydroxyl groups excluding tert-OH is 1. The van der Waals surface area contributed by atoms with Crippen molar-refractivity contribution >= 4 is 15.9 Å². The van der Waals surface area contributed by atoms with Gasteiger partial charge in [0.2, 0.25) is 0 Å². The van der Waals surface area contributed by atoms with E-state index in [0.29, 0.717) is 0 Å². The van der Waals surface area contributed by atoms with Gasteiger partial charge in [-0.25, -0.2) is 4.98 Å². The van der Waals surface area contributed by atoms with Crippen LogP contribution in [0.15, 0.2) is 34.9 Å². The van der Waals surface area contributed by atoms with Crippen molar-refractivity contribution in [2.45, 2.75) is 25.5 Å². The number of hydrogen-bond donors (Lipinski definition) is 1. The van der Waals surface area contributed by atoms with Gasteiger partial charge in [-0.3, -0.25) is 0 Å². The topological polar surface area (TPSA) is 38.1 Å². The van der Waals surface area contributed by atoms with Crippen LogP contribution >= 0.6 is 15.9 Å². The normalized spacial score (nSPS) is 19.1. The number of aryl methyl sites for hydroxylation is 1. The van der Waals surface area contributed by atoms with E-state index < -0.39 is 6.23 Å². The quantitative estimate of drug-likeness (QED) is 0.877. The molecule has 88 valence electrons. The van der Waals surface area contributed by atoms with Gasteiger partial charge in [0, 0.05) is 22.7 Å². The Morgan fingerprint density at radius 1 is 1.41 bits per heavy atom. The molecule has 0 radical (unpaired) electrons. The molecule has 0 spiro atoms. The zero-order chi connectivity index (χ0) is 11.8. The molecule has 1 aliphatic heterocycles. The van der Waals surface area contributed by atoms with Crippen molar-refractivity contribution in [1.82, 2.24) is 9.55 Å². The SMILES string of the molecule is OC1CCCc2nc(-c3cccc(Br)c3)cn21. The van der Waals surface area contributed by atoms with E-state index in [9.17, 15) is 5.11 Å². The number of halogens is 1. The lowest BCUT2D eigenvalue weighted by atomic mass is 10.1. The third-order valence-electron chi connectivity index (χ3n) is 3.11. The summed E-state index contributed by atoms with van der Waals surface area (Å²) in [6.07, 6.45) is 4.32. The number of nitrogens with zero attached hydrogens (tertiary/aromatic N) is 2. The van der Waals surface area contributed by atoms with E-state index in [4.69, 9.17) is 0 Å². The third-order valence-corrected chi connectivity index (χ3v) is 3.61. The fourth-order valence-electron chi connectivity index (χ4n) is 2.24. The molecule has 0 fully saturated rings. The Bertz CT molecular complexity index is 550. The summed E-state index contributed by atoms with van der Waals surface area (Å²) in [6, 6.07) is 8.06. The first-order valence-electron chi connectivity index (χ1n) is 5.76. The highest BCUT2D eigenvalue weighted by molar-refractivity contribution is 9.10. The predicted octanol–water partition coefficient (Wildman–Crippen LogP) is 3.14. The molecule has 0 bridgehead atoms. The van der Waals surface area contributed by atoms with Gasteiger partial charge in [-0.05, 0) is 25.0 Å². The molecule has 1 aromatic carbocycles. The highest BCUT2D eigenvalue weighted by Crippen LogP contribution is 2.28. The standard InChI is InChI=1S/C13H13BrN2O/c14-10-4-1-3-9(7-10)11-8-16-12(15-11)5-2-6-13(16)17/h1,3-4,7-8,13,17H,2,5-6H2. The van der Waals surface area contributed by atoms with E-state index in [0.717, 1.165) is 40.8 Å². The number of benzene rings is 1. The Balaban J connectivity index is 2.05. The molecular formula is C13H13BrN2O. The molecule has 0 aliphatic carbocycles. The maximum Gasteiger partial charge on any atom is 0.131 e. The molecule has 3 rings (SSSR count). The lowest BCUT2D eigenvalue weighted by molar-refractivity contribution is 0.0781. The van der Waals surface area contributed by atoms with Gasteiger partial charge < -0.3 is 9.67 Å². The van der Waals surface area contributed by atoms with Crippen molar-refractivity contribution in [2.24, 2.45) is 0 Å². The van der Waals surface area contributed by atoms with Gasteiger partial charge in [0.05, 0.1) is 5.69 Å². The average Bonchev–Trinajstić information content (AvgIpc) is 2.74. The molecule has 17 heavy (non-hydrogen) atoms.